The van der Waals surface area contributed by atoms with Gasteiger partial charge in [-0.2, -0.15) is 0 Å². The number of allylic oxidation sites excluding steroid dienone is 1. The number of unbranched alkanes of at least 4 members (excludes halogenated alkanes) is 2. The van der Waals surface area contributed by atoms with E-state index >= 15 is 0 Å². The summed E-state index contributed by atoms with van der Waals surface area (Å²) in [4.78, 5) is 13.4. The molecule has 0 spiro atoms. The average molecular weight is 239 g/mol. The van der Waals surface area contributed by atoms with Crippen molar-refractivity contribution < 1.29 is 9.53 Å². The molecule has 0 radical (unpaired) electrons. The van der Waals surface area contributed by atoms with E-state index in [0.717, 1.165) is 12.8 Å². The molecule has 1 aliphatic heterocycles. The number of ether oxygens (including phenoxy) is 1. The fraction of sp³-hybridized carbons (Fsp3) is 0.786. The van der Waals surface area contributed by atoms with Crippen molar-refractivity contribution >= 4 is 5.91 Å². The van der Waals surface area contributed by atoms with Crippen LogP contribution in [0.4, 0.5) is 0 Å². The quantitative estimate of drug-likeness (QED) is 0.504. The second-order valence-corrected chi connectivity index (χ2v) is 4.82. The Morgan fingerprint density at radius 1 is 1.59 bits per heavy atom. The maximum absolute atomic E-state index is 11.5. The summed E-state index contributed by atoms with van der Waals surface area (Å²) in [6.45, 7) is 6.72. The number of likely N-dealkylation sites (tertiary alicyclic amines) is 1. The zero-order chi connectivity index (χ0) is 12.7. The highest BCUT2D eigenvalue weighted by Crippen LogP contribution is 2.17. The Morgan fingerprint density at radius 3 is 2.94 bits per heavy atom. The van der Waals surface area contributed by atoms with Crippen LogP contribution in [-0.2, 0) is 9.53 Å². The Bertz CT molecular complexity index is 263. The van der Waals surface area contributed by atoms with Crippen molar-refractivity contribution in [2.75, 3.05) is 6.73 Å². The normalized spacial score (nSPS) is 22.6. The molecule has 2 atom stereocenters. The molecule has 17 heavy (non-hydrogen) atoms. The summed E-state index contributed by atoms with van der Waals surface area (Å²) in [5, 5.41) is 0. The van der Waals surface area contributed by atoms with Gasteiger partial charge < -0.3 is 9.64 Å². The Labute approximate surface area is 105 Å². The van der Waals surface area contributed by atoms with Crippen molar-refractivity contribution in [3.63, 3.8) is 0 Å². The predicted molar refractivity (Wildman–Crippen MR) is 69.6 cm³/mol. The Hall–Kier alpha value is -0.830. The Kier molecular flexibility index (Phi) is 6.27. The molecule has 1 saturated heterocycles. The van der Waals surface area contributed by atoms with Crippen LogP contribution in [0.25, 0.3) is 0 Å². The van der Waals surface area contributed by atoms with Crippen LogP contribution < -0.4 is 0 Å². The van der Waals surface area contributed by atoms with Crippen LogP contribution in [0.2, 0.25) is 0 Å². The maximum Gasteiger partial charge on any atom is 0.224 e. The van der Waals surface area contributed by atoms with Crippen molar-refractivity contribution in [3.05, 3.63) is 12.2 Å². The third-order valence-electron chi connectivity index (χ3n) is 3.24. The number of carbonyl (C=O) groups excluding carboxylic acids is 1. The van der Waals surface area contributed by atoms with Gasteiger partial charge in [0.25, 0.3) is 0 Å². The minimum Gasteiger partial charge on any atom is -0.354 e. The summed E-state index contributed by atoms with van der Waals surface area (Å²) >= 11 is 0. The lowest BCUT2D eigenvalue weighted by Crippen LogP contribution is -2.34. The first-order chi connectivity index (χ1) is 8.15. The molecule has 0 N–H and O–H groups in total. The van der Waals surface area contributed by atoms with Crippen LogP contribution in [0, 0.1) is 0 Å². The topological polar surface area (TPSA) is 29.5 Å². The molecular formula is C14H25NO2. The fourth-order valence-electron chi connectivity index (χ4n) is 1.94. The van der Waals surface area contributed by atoms with Gasteiger partial charge in [-0.05, 0) is 26.7 Å². The highest BCUT2D eigenvalue weighted by atomic mass is 16.5. The van der Waals surface area contributed by atoms with Crippen molar-refractivity contribution in [3.8, 4) is 0 Å². The predicted octanol–water partition coefficient (Wildman–Crippen LogP) is 3.11. The number of nitrogens with zero attached hydrogens (tertiary/aromatic N) is 1. The number of hydrogen-bond donors (Lipinski definition) is 0. The maximum atomic E-state index is 11.5. The lowest BCUT2D eigenvalue weighted by atomic mass is 10.2. The van der Waals surface area contributed by atoms with E-state index in [1.165, 1.54) is 12.8 Å². The van der Waals surface area contributed by atoms with E-state index < -0.39 is 0 Å². The zero-order valence-electron chi connectivity index (χ0n) is 11.3. The molecule has 1 heterocycles. The van der Waals surface area contributed by atoms with Crippen molar-refractivity contribution in [1.29, 1.82) is 0 Å². The molecular weight excluding hydrogens is 214 g/mol. The van der Waals surface area contributed by atoms with Crippen LogP contribution in [0.3, 0.4) is 0 Å². The van der Waals surface area contributed by atoms with Crippen LogP contribution in [0.5, 0.6) is 0 Å². The van der Waals surface area contributed by atoms with Gasteiger partial charge in [0.15, 0.2) is 0 Å². The zero-order valence-corrected chi connectivity index (χ0v) is 11.3. The third kappa shape index (κ3) is 4.90. The first kappa shape index (κ1) is 14.2. The smallest absolute Gasteiger partial charge is 0.224 e. The van der Waals surface area contributed by atoms with Gasteiger partial charge >= 0.3 is 0 Å². The fourth-order valence-corrected chi connectivity index (χ4v) is 1.94. The minimum atomic E-state index is 0.0902. The van der Waals surface area contributed by atoms with E-state index in [-0.39, 0.29) is 12.0 Å². The lowest BCUT2D eigenvalue weighted by molar-refractivity contribution is -0.135. The molecule has 0 aliphatic carbocycles. The summed E-state index contributed by atoms with van der Waals surface area (Å²) in [5.41, 5.74) is 0. The van der Waals surface area contributed by atoms with Gasteiger partial charge in [-0.1, -0.05) is 31.9 Å². The van der Waals surface area contributed by atoms with Gasteiger partial charge in [0, 0.05) is 12.5 Å². The minimum absolute atomic E-state index is 0.0902. The average Bonchev–Trinajstić information content (AvgIpc) is 2.62. The molecule has 0 bridgehead atoms. The summed E-state index contributed by atoms with van der Waals surface area (Å²) < 4.78 is 5.67. The molecule has 3 nitrogen and oxygen atoms in total. The molecule has 98 valence electrons. The molecule has 0 aromatic carbocycles. The standard InChI is InChI=1S/C14H25NO2/c1-4-5-6-7-8-13(3)17-11-15-12(2)9-10-14(15)16/h7-8,12-13H,4-6,9-11H2,1-3H3/b8-7+/t12-,13?/m1/s1. The van der Waals surface area contributed by atoms with Crippen LogP contribution in [0.1, 0.15) is 52.9 Å². The largest absolute Gasteiger partial charge is 0.354 e. The van der Waals surface area contributed by atoms with Crippen molar-refractivity contribution in [2.24, 2.45) is 0 Å². The molecule has 3 heteroatoms. The van der Waals surface area contributed by atoms with Gasteiger partial charge in [-0.3, -0.25) is 4.79 Å². The second kappa shape index (κ2) is 7.49. The van der Waals surface area contributed by atoms with Gasteiger partial charge in [0.05, 0.1) is 6.10 Å². The summed E-state index contributed by atoms with van der Waals surface area (Å²) in [6, 6.07) is 0.332. The van der Waals surface area contributed by atoms with Gasteiger partial charge in [0.2, 0.25) is 5.91 Å². The van der Waals surface area contributed by atoms with E-state index in [9.17, 15) is 4.79 Å². The second-order valence-electron chi connectivity index (χ2n) is 4.82. The first-order valence-electron chi connectivity index (χ1n) is 6.73. The number of hydrogen-bond acceptors (Lipinski definition) is 2. The van der Waals surface area contributed by atoms with Crippen LogP contribution in [0.15, 0.2) is 12.2 Å². The third-order valence-corrected chi connectivity index (χ3v) is 3.24. The molecule has 1 rings (SSSR count). The summed E-state index contributed by atoms with van der Waals surface area (Å²) in [7, 11) is 0. The van der Waals surface area contributed by atoms with Crippen LogP contribution >= 0.6 is 0 Å². The molecule has 0 saturated carbocycles. The molecule has 1 amide bonds. The first-order valence-corrected chi connectivity index (χ1v) is 6.73. The van der Waals surface area contributed by atoms with Crippen molar-refractivity contribution in [2.45, 2.75) is 65.0 Å². The Morgan fingerprint density at radius 2 is 2.35 bits per heavy atom. The van der Waals surface area contributed by atoms with E-state index in [0.29, 0.717) is 19.2 Å². The molecule has 1 fully saturated rings. The molecule has 0 aromatic rings. The Balaban J connectivity index is 2.21. The molecule has 1 unspecified atom stereocenters. The van der Waals surface area contributed by atoms with Crippen molar-refractivity contribution in [1.82, 2.24) is 4.90 Å². The summed E-state index contributed by atoms with van der Waals surface area (Å²) in [5.74, 6) is 0.222. The highest BCUT2D eigenvalue weighted by Gasteiger charge is 2.27. The van der Waals surface area contributed by atoms with E-state index in [2.05, 4.69) is 26.0 Å². The molecule has 1 aliphatic rings. The van der Waals surface area contributed by atoms with Crippen LogP contribution in [-0.4, -0.2) is 29.7 Å². The van der Waals surface area contributed by atoms with Gasteiger partial charge in [-0.15, -0.1) is 0 Å². The van der Waals surface area contributed by atoms with E-state index in [1.54, 1.807) is 0 Å². The monoisotopic (exact) mass is 239 g/mol. The number of amides is 1. The summed E-state index contributed by atoms with van der Waals surface area (Å²) in [6.07, 6.45) is 9.54. The molecule has 0 aromatic heterocycles. The van der Waals surface area contributed by atoms with E-state index in [4.69, 9.17) is 4.74 Å². The number of rotatable bonds is 7. The number of carbonyl (C=O) groups is 1. The van der Waals surface area contributed by atoms with Gasteiger partial charge in [0.1, 0.15) is 6.73 Å². The van der Waals surface area contributed by atoms with Gasteiger partial charge in [-0.25, -0.2) is 0 Å². The van der Waals surface area contributed by atoms with E-state index in [1.807, 2.05) is 11.8 Å². The SMILES string of the molecule is CCCC/C=C/C(C)OCN1C(=O)CC[C@H]1C. The lowest BCUT2D eigenvalue weighted by Gasteiger charge is -2.22. The highest BCUT2D eigenvalue weighted by molar-refractivity contribution is 5.78.